The molecule has 0 fully saturated rings. The van der Waals surface area contributed by atoms with Crippen LogP contribution in [0.2, 0.25) is 0 Å². The summed E-state index contributed by atoms with van der Waals surface area (Å²) in [6.45, 7) is 4.96. The van der Waals surface area contributed by atoms with E-state index in [9.17, 15) is 19.7 Å². The van der Waals surface area contributed by atoms with Gasteiger partial charge in [-0.1, -0.05) is 18.2 Å². The van der Waals surface area contributed by atoms with Gasteiger partial charge in [-0.05, 0) is 37.5 Å². The molecule has 0 atom stereocenters. The third-order valence-electron chi connectivity index (χ3n) is 4.73. The number of nitro benzene ring substituents is 1. The molecule has 0 unspecified atom stereocenters. The first kappa shape index (κ1) is 21.1. The highest BCUT2D eigenvalue weighted by Crippen LogP contribution is 2.22. The monoisotopic (exact) mass is 413 g/mol. The largest absolute Gasteiger partial charge is 0.491 e. The number of nitro groups is 1. The van der Waals surface area contributed by atoms with E-state index in [0.29, 0.717) is 25.1 Å². The standard InChI is InChI=1S/C21H23N3O6/c1-14-5-3-6-15(2)20(14)29-12-10-22-19(25)7-4-11-23-17-9-8-16(24(27)28)13-18(17)30-21(23)26/h3,5-6,8-9,13H,4,7,10-12H2,1-2H3,(H,22,25). The Balaban J connectivity index is 1.46. The fourth-order valence-corrected chi connectivity index (χ4v) is 3.24. The van der Waals surface area contributed by atoms with Gasteiger partial charge in [0.2, 0.25) is 5.91 Å². The van der Waals surface area contributed by atoms with Crippen LogP contribution >= 0.6 is 0 Å². The van der Waals surface area contributed by atoms with Crippen molar-refractivity contribution in [2.24, 2.45) is 0 Å². The fraction of sp³-hybridized carbons (Fsp3) is 0.333. The second kappa shape index (κ2) is 9.25. The maximum atomic E-state index is 12.0. The van der Waals surface area contributed by atoms with E-state index in [-0.39, 0.29) is 30.1 Å². The molecule has 3 rings (SSSR count). The lowest BCUT2D eigenvalue weighted by Gasteiger charge is -2.12. The van der Waals surface area contributed by atoms with Crippen molar-refractivity contribution >= 4 is 22.7 Å². The van der Waals surface area contributed by atoms with Gasteiger partial charge in [-0.25, -0.2) is 4.79 Å². The van der Waals surface area contributed by atoms with Crippen molar-refractivity contribution in [1.29, 1.82) is 0 Å². The highest BCUT2D eigenvalue weighted by atomic mass is 16.6. The second-order valence-electron chi connectivity index (χ2n) is 6.95. The van der Waals surface area contributed by atoms with Gasteiger partial charge in [-0.15, -0.1) is 0 Å². The molecule has 158 valence electrons. The molecule has 1 amide bonds. The van der Waals surface area contributed by atoms with Gasteiger partial charge in [0.15, 0.2) is 5.58 Å². The lowest BCUT2D eigenvalue weighted by Crippen LogP contribution is -2.28. The summed E-state index contributed by atoms with van der Waals surface area (Å²) in [7, 11) is 0. The molecule has 0 bridgehead atoms. The van der Waals surface area contributed by atoms with Crippen LogP contribution in [-0.4, -0.2) is 28.5 Å². The van der Waals surface area contributed by atoms with Crippen molar-refractivity contribution in [3.8, 4) is 5.75 Å². The summed E-state index contributed by atoms with van der Waals surface area (Å²) in [5.41, 5.74) is 2.56. The molecule has 0 saturated carbocycles. The SMILES string of the molecule is Cc1cccc(C)c1OCCNC(=O)CCCn1c(=O)oc2cc([N+](=O)[O-])ccc21. The highest BCUT2D eigenvalue weighted by Gasteiger charge is 2.14. The summed E-state index contributed by atoms with van der Waals surface area (Å²) < 4.78 is 12.2. The maximum Gasteiger partial charge on any atom is 0.419 e. The van der Waals surface area contributed by atoms with Gasteiger partial charge in [0.1, 0.15) is 12.4 Å². The minimum atomic E-state index is -0.604. The number of para-hydroxylation sites is 1. The van der Waals surface area contributed by atoms with Crippen molar-refractivity contribution in [2.45, 2.75) is 33.2 Å². The first-order valence-corrected chi connectivity index (χ1v) is 9.60. The average molecular weight is 413 g/mol. The normalized spacial score (nSPS) is 10.9. The van der Waals surface area contributed by atoms with Crippen LogP contribution in [0.5, 0.6) is 5.75 Å². The Bertz CT molecular complexity index is 1110. The average Bonchev–Trinajstić information content (AvgIpc) is 3.01. The summed E-state index contributed by atoms with van der Waals surface area (Å²) in [6, 6.07) is 9.92. The Morgan fingerprint density at radius 1 is 1.23 bits per heavy atom. The van der Waals surface area contributed by atoms with Crippen LogP contribution in [0.15, 0.2) is 45.6 Å². The van der Waals surface area contributed by atoms with Crippen molar-refractivity contribution in [1.82, 2.24) is 9.88 Å². The number of oxazole rings is 1. The van der Waals surface area contributed by atoms with Crippen molar-refractivity contribution in [3.63, 3.8) is 0 Å². The minimum Gasteiger partial charge on any atom is -0.491 e. The zero-order valence-corrected chi connectivity index (χ0v) is 16.8. The molecule has 30 heavy (non-hydrogen) atoms. The van der Waals surface area contributed by atoms with Gasteiger partial charge >= 0.3 is 5.76 Å². The molecule has 0 spiro atoms. The van der Waals surface area contributed by atoms with Gasteiger partial charge < -0.3 is 14.5 Å². The Labute approximate surface area is 172 Å². The molecule has 1 aromatic heterocycles. The zero-order valence-electron chi connectivity index (χ0n) is 16.8. The van der Waals surface area contributed by atoms with Crippen LogP contribution in [0.1, 0.15) is 24.0 Å². The zero-order chi connectivity index (χ0) is 21.7. The number of hydrogen-bond donors (Lipinski definition) is 1. The molecule has 1 N–H and O–H groups in total. The smallest absolute Gasteiger partial charge is 0.419 e. The quantitative estimate of drug-likeness (QED) is 0.327. The number of benzene rings is 2. The number of rotatable bonds is 9. The number of nitrogens with zero attached hydrogens (tertiary/aromatic N) is 2. The van der Waals surface area contributed by atoms with Crippen molar-refractivity contribution < 1.29 is 18.9 Å². The number of aromatic nitrogens is 1. The predicted molar refractivity (Wildman–Crippen MR) is 111 cm³/mol. The molecule has 0 radical (unpaired) electrons. The Hall–Kier alpha value is -3.62. The number of amides is 1. The van der Waals surface area contributed by atoms with E-state index in [1.807, 2.05) is 32.0 Å². The van der Waals surface area contributed by atoms with Gasteiger partial charge in [0.25, 0.3) is 5.69 Å². The molecule has 1 heterocycles. The molecule has 3 aromatic rings. The molecular weight excluding hydrogens is 390 g/mol. The first-order valence-electron chi connectivity index (χ1n) is 9.60. The summed E-state index contributed by atoms with van der Waals surface area (Å²) in [4.78, 5) is 34.3. The molecular formula is C21H23N3O6. The number of nitrogens with one attached hydrogen (secondary N) is 1. The van der Waals surface area contributed by atoms with E-state index in [2.05, 4.69) is 5.32 Å². The van der Waals surface area contributed by atoms with E-state index >= 15 is 0 Å². The summed E-state index contributed by atoms with van der Waals surface area (Å²) >= 11 is 0. The molecule has 0 aliphatic carbocycles. The van der Waals surface area contributed by atoms with Crippen LogP contribution < -0.4 is 15.8 Å². The number of aryl methyl sites for hydroxylation is 3. The van der Waals surface area contributed by atoms with Crippen molar-refractivity contribution in [2.75, 3.05) is 13.2 Å². The molecule has 0 aliphatic rings. The molecule has 2 aromatic carbocycles. The van der Waals surface area contributed by atoms with E-state index < -0.39 is 10.7 Å². The molecule has 0 saturated heterocycles. The van der Waals surface area contributed by atoms with E-state index in [1.165, 1.54) is 22.8 Å². The number of ether oxygens (including phenoxy) is 1. The molecule has 9 heteroatoms. The third kappa shape index (κ3) is 4.86. The van der Waals surface area contributed by atoms with E-state index in [4.69, 9.17) is 9.15 Å². The second-order valence-corrected chi connectivity index (χ2v) is 6.95. The Kier molecular flexibility index (Phi) is 6.51. The van der Waals surface area contributed by atoms with E-state index in [0.717, 1.165) is 16.9 Å². The highest BCUT2D eigenvalue weighted by molar-refractivity contribution is 5.76. The topological polar surface area (TPSA) is 117 Å². The Morgan fingerprint density at radius 3 is 2.67 bits per heavy atom. The number of carbonyl (C=O) groups is 1. The summed E-state index contributed by atoms with van der Waals surface area (Å²) in [6.07, 6.45) is 0.657. The number of carbonyl (C=O) groups excluding carboxylic acids is 1. The van der Waals surface area contributed by atoms with Crippen LogP contribution in [0, 0.1) is 24.0 Å². The summed E-state index contributed by atoms with van der Waals surface area (Å²) in [5, 5.41) is 13.6. The van der Waals surface area contributed by atoms with Crippen LogP contribution in [0.3, 0.4) is 0 Å². The van der Waals surface area contributed by atoms with Crippen LogP contribution in [-0.2, 0) is 11.3 Å². The third-order valence-corrected chi connectivity index (χ3v) is 4.73. The molecule has 9 nitrogen and oxygen atoms in total. The van der Waals surface area contributed by atoms with Crippen LogP contribution in [0.4, 0.5) is 5.69 Å². The predicted octanol–water partition coefficient (Wildman–Crippen LogP) is 3.09. The van der Waals surface area contributed by atoms with Crippen LogP contribution in [0.25, 0.3) is 11.1 Å². The summed E-state index contributed by atoms with van der Waals surface area (Å²) in [5.74, 6) is 0.0858. The van der Waals surface area contributed by atoms with Gasteiger partial charge in [0.05, 0.1) is 23.1 Å². The van der Waals surface area contributed by atoms with Gasteiger partial charge in [-0.2, -0.15) is 0 Å². The van der Waals surface area contributed by atoms with E-state index in [1.54, 1.807) is 0 Å². The Morgan fingerprint density at radius 2 is 1.97 bits per heavy atom. The minimum absolute atomic E-state index is 0.142. The lowest BCUT2D eigenvalue weighted by atomic mass is 10.1. The van der Waals surface area contributed by atoms with Gasteiger partial charge in [-0.3, -0.25) is 19.5 Å². The maximum absolute atomic E-state index is 12.0. The first-order chi connectivity index (χ1) is 14.4. The number of non-ortho nitro benzene ring substituents is 1. The number of fused-ring (bicyclic) bond motifs is 1. The van der Waals surface area contributed by atoms with Gasteiger partial charge in [0, 0.05) is 19.0 Å². The fourth-order valence-electron chi connectivity index (χ4n) is 3.24. The number of hydrogen-bond acceptors (Lipinski definition) is 6. The van der Waals surface area contributed by atoms with Crippen molar-refractivity contribution in [3.05, 3.63) is 68.2 Å². The lowest BCUT2D eigenvalue weighted by molar-refractivity contribution is -0.384. The molecule has 0 aliphatic heterocycles.